The lowest BCUT2D eigenvalue weighted by atomic mass is 10.4. The van der Waals surface area contributed by atoms with Crippen molar-refractivity contribution in [3.8, 4) is 0 Å². The summed E-state index contributed by atoms with van der Waals surface area (Å²) in [5.74, 6) is 0. The van der Waals surface area contributed by atoms with Crippen LogP contribution in [0.3, 0.4) is 0 Å². The Balaban J connectivity index is 2.24. The third-order valence-corrected chi connectivity index (χ3v) is 4.53. The summed E-state index contributed by atoms with van der Waals surface area (Å²) in [5.41, 5.74) is 1.78. The quantitative estimate of drug-likeness (QED) is 0.903. The molecule has 19 heavy (non-hydrogen) atoms. The predicted octanol–water partition coefficient (Wildman–Crippen LogP) is 0.910. The molecule has 2 aromatic rings. The van der Waals surface area contributed by atoms with E-state index < -0.39 is 10.0 Å². The Bertz CT molecular complexity index is 677. The van der Waals surface area contributed by atoms with Crippen LogP contribution in [-0.4, -0.2) is 23.2 Å². The standard InChI is InChI=1S/C12H16N4O2S/c1-9-12(10(2)16(3)15-9)19(17,18)14-8-11-6-4-5-7-13-11/h4-7,14H,8H2,1-3H3. The van der Waals surface area contributed by atoms with Crippen molar-refractivity contribution in [2.75, 3.05) is 0 Å². The Kier molecular flexibility index (Phi) is 3.68. The average molecular weight is 280 g/mol. The van der Waals surface area contributed by atoms with Gasteiger partial charge in [0.15, 0.2) is 0 Å². The lowest BCUT2D eigenvalue weighted by molar-refractivity contribution is 0.579. The van der Waals surface area contributed by atoms with Crippen LogP contribution in [0, 0.1) is 13.8 Å². The van der Waals surface area contributed by atoms with Gasteiger partial charge in [-0.1, -0.05) is 6.07 Å². The molecule has 2 aromatic heterocycles. The van der Waals surface area contributed by atoms with Crippen molar-refractivity contribution in [3.63, 3.8) is 0 Å². The van der Waals surface area contributed by atoms with Crippen molar-refractivity contribution < 1.29 is 8.42 Å². The molecule has 1 N–H and O–H groups in total. The highest BCUT2D eigenvalue weighted by Crippen LogP contribution is 2.18. The van der Waals surface area contributed by atoms with E-state index in [1.165, 1.54) is 0 Å². The van der Waals surface area contributed by atoms with E-state index in [2.05, 4.69) is 14.8 Å². The van der Waals surface area contributed by atoms with Crippen LogP contribution in [0.5, 0.6) is 0 Å². The van der Waals surface area contributed by atoms with Gasteiger partial charge in [0, 0.05) is 13.2 Å². The van der Waals surface area contributed by atoms with Crippen LogP contribution in [0.2, 0.25) is 0 Å². The fraction of sp³-hybridized carbons (Fsp3) is 0.333. The fourth-order valence-electron chi connectivity index (χ4n) is 1.89. The largest absolute Gasteiger partial charge is 0.271 e. The zero-order chi connectivity index (χ0) is 14.0. The summed E-state index contributed by atoms with van der Waals surface area (Å²) in [6.07, 6.45) is 1.63. The minimum absolute atomic E-state index is 0.164. The van der Waals surface area contributed by atoms with Crippen molar-refractivity contribution >= 4 is 10.0 Å². The number of hydrogen-bond acceptors (Lipinski definition) is 4. The average Bonchev–Trinajstić information content (AvgIpc) is 2.63. The fourth-order valence-corrected chi connectivity index (χ4v) is 3.32. The highest BCUT2D eigenvalue weighted by atomic mass is 32.2. The summed E-state index contributed by atoms with van der Waals surface area (Å²) in [6, 6.07) is 5.37. The van der Waals surface area contributed by atoms with Gasteiger partial charge < -0.3 is 0 Å². The first-order valence-corrected chi connectivity index (χ1v) is 7.30. The molecule has 0 aromatic carbocycles. The highest BCUT2D eigenvalue weighted by molar-refractivity contribution is 7.89. The number of pyridine rings is 1. The first kappa shape index (κ1) is 13.7. The highest BCUT2D eigenvalue weighted by Gasteiger charge is 2.23. The van der Waals surface area contributed by atoms with Gasteiger partial charge in [0.2, 0.25) is 10.0 Å². The van der Waals surface area contributed by atoms with Gasteiger partial charge in [0.05, 0.1) is 23.6 Å². The second kappa shape index (κ2) is 5.10. The minimum atomic E-state index is -3.57. The molecule has 0 unspecified atom stereocenters. The third-order valence-electron chi connectivity index (χ3n) is 2.88. The molecule has 0 spiro atoms. The molecule has 2 heterocycles. The molecule has 102 valence electrons. The van der Waals surface area contributed by atoms with Crippen molar-refractivity contribution in [2.24, 2.45) is 7.05 Å². The van der Waals surface area contributed by atoms with Crippen LogP contribution < -0.4 is 4.72 Å². The maximum absolute atomic E-state index is 12.3. The van der Waals surface area contributed by atoms with Crippen LogP contribution >= 0.6 is 0 Å². The van der Waals surface area contributed by atoms with Gasteiger partial charge >= 0.3 is 0 Å². The van der Waals surface area contributed by atoms with E-state index in [-0.39, 0.29) is 11.4 Å². The molecule has 0 amide bonds. The number of aryl methyl sites for hydroxylation is 2. The van der Waals surface area contributed by atoms with Gasteiger partial charge in [-0.3, -0.25) is 9.67 Å². The zero-order valence-corrected chi connectivity index (χ0v) is 11.9. The van der Waals surface area contributed by atoms with Gasteiger partial charge in [-0.25, -0.2) is 13.1 Å². The summed E-state index contributed by atoms with van der Waals surface area (Å²) in [7, 11) is -1.85. The van der Waals surface area contributed by atoms with Crippen LogP contribution in [-0.2, 0) is 23.6 Å². The van der Waals surface area contributed by atoms with E-state index >= 15 is 0 Å². The molecule has 0 bridgehead atoms. The lowest BCUT2D eigenvalue weighted by Crippen LogP contribution is -2.24. The van der Waals surface area contributed by atoms with Gasteiger partial charge in [0.1, 0.15) is 4.90 Å². The smallest absolute Gasteiger partial charge is 0.244 e. The number of hydrogen-bond donors (Lipinski definition) is 1. The molecule has 0 aliphatic heterocycles. The Morgan fingerprint density at radius 2 is 2.05 bits per heavy atom. The third kappa shape index (κ3) is 2.82. The molecular formula is C12H16N4O2S. The van der Waals surface area contributed by atoms with E-state index in [0.717, 1.165) is 0 Å². The molecule has 0 fully saturated rings. The molecule has 0 radical (unpaired) electrons. The van der Waals surface area contributed by atoms with Gasteiger partial charge in [0.25, 0.3) is 0 Å². The molecule has 6 nitrogen and oxygen atoms in total. The number of nitrogens with one attached hydrogen (secondary N) is 1. The van der Waals surface area contributed by atoms with Crippen molar-refractivity contribution in [3.05, 3.63) is 41.5 Å². The topological polar surface area (TPSA) is 76.9 Å². The van der Waals surface area contributed by atoms with Crippen LogP contribution in [0.4, 0.5) is 0 Å². The van der Waals surface area contributed by atoms with Crippen molar-refractivity contribution in [1.29, 1.82) is 0 Å². The number of rotatable bonds is 4. The van der Waals surface area contributed by atoms with Crippen LogP contribution in [0.15, 0.2) is 29.3 Å². The number of sulfonamides is 1. The second-order valence-corrected chi connectivity index (χ2v) is 5.97. The Hall–Kier alpha value is -1.73. The Labute approximate surface area is 112 Å². The summed E-state index contributed by atoms with van der Waals surface area (Å²) in [4.78, 5) is 4.32. The first-order valence-electron chi connectivity index (χ1n) is 5.81. The number of aromatic nitrogens is 3. The van der Waals surface area contributed by atoms with E-state index in [4.69, 9.17) is 0 Å². The number of nitrogens with zero attached hydrogens (tertiary/aromatic N) is 3. The van der Waals surface area contributed by atoms with Crippen LogP contribution in [0.1, 0.15) is 17.1 Å². The minimum Gasteiger partial charge on any atom is -0.271 e. The van der Waals surface area contributed by atoms with E-state index in [1.807, 2.05) is 6.07 Å². The van der Waals surface area contributed by atoms with Crippen LogP contribution in [0.25, 0.3) is 0 Å². The maximum atomic E-state index is 12.3. The SMILES string of the molecule is Cc1nn(C)c(C)c1S(=O)(=O)NCc1ccccn1. The zero-order valence-electron chi connectivity index (χ0n) is 11.1. The molecule has 7 heteroatoms. The summed E-state index contributed by atoms with van der Waals surface area (Å²) < 4.78 is 28.6. The first-order chi connectivity index (χ1) is 8.92. The molecule has 0 aliphatic carbocycles. The normalized spacial score (nSPS) is 11.7. The van der Waals surface area contributed by atoms with Gasteiger partial charge in [-0.15, -0.1) is 0 Å². The molecule has 0 saturated heterocycles. The Morgan fingerprint density at radius 3 is 2.58 bits per heavy atom. The van der Waals surface area contributed by atoms with Crippen molar-refractivity contribution in [1.82, 2.24) is 19.5 Å². The monoisotopic (exact) mass is 280 g/mol. The van der Waals surface area contributed by atoms with E-state index in [9.17, 15) is 8.42 Å². The maximum Gasteiger partial charge on any atom is 0.244 e. The molecule has 0 saturated carbocycles. The molecule has 0 aliphatic rings. The van der Waals surface area contributed by atoms with Gasteiger partial charge in [-0.05, 0) is 26.0 Å². The second-order valence-electron chi connectivity index (χ2n) is 4.27. The summed E-state index contributed by atoms with van der Waals surface area (Å²) in [6.45, 7) is 3.58. The molecule has 2 rings (SSSR count). The summed E-state index contributed by atoms with van der Waals surface area (Å²) in [5, 5.41) is 4.11. The summed E-state index contributed by atoms with van der Waals surface area (Å²) >= 11 is 0. The van der Waals surface area contributed by atoms with Crippen molar-refractivity contribution in [2.45, 2.75) is 25.3 Å². The lowest BCUT2D eigenvalue weighted by Gasteiger charge is -2.06. The predicted molar refractivity (Wildman–Crippen MR) is 70.9 cm³/mol. The van der Waals surface area contributed by atoms with E-state index in [0.29, 0.717) is 17.1 Å². The molecule has 0 atom stereocenters. The molecular weight excluding hydrogens is 264 g/mol. The Morgan fingerprint density at radius 1 is 1.32 bits per heavy atom. The van der Waals surface area contributed by atoms with Gasteiger partial charge in [-0.2, -0.15) is 5.10 Å². The van der Waals surface area contributed by atoms with E-state index in [1.54, 1.807) is 43.9 Å².